The van der Waals surface area contributed by atoms with E-state index >= 15 is 0 Å². The van der Waals surface area contributed by atoms with E-state index in [0.29, 0.717) is 6.04 Å². The van der Waals surface area contributed by atoms with Crippen molar-refractivity contribution >= 4 is 5.91 Å². The maximum atomic E-state index is 13.6. The molecule has 0 aromatic heterocycles. The molecule has 0 aromatic rings. The Hall–Kier alpha value is -0.840. The number of halogens is 1. The van der Waals surface area contributed by atoms with Gasteiger partial charge in [-0.1, -0.05) is 12.6 Å². The van der Waals surface area contributed by atoms with E-state index in [1.165, 1.54) is 19.3 Å². The lowest BCUT2D eigenvalue weighted by molar-refractivity contribution is -0.128. The van der Waals surface area contributed by atoms with Crippen LogP contribution in [0.5, 0.6) is 0 Å². The molecule has 4 saturated heterocycles. The Morgan fingerprint density at radius 3 is 2.85 bits per heavy atom. The van der Waals surface area contributed by atoms with E-state index < -0.39 is 18.3 Å². The van der Waals surface area contributed by atoms with Crippen LogP contribution >= 0.6 is 0 Å². The van der Waals surface area contributed by atoms with Crippen molar-refractivity contribution in [2.75, 3.05) is 39.3 Å². The fourth-order valence-corrected chi connectivity index (χ4v) is 4.85. The summed E-state index contributed by atoms with van der Waals surface area (Å²) in [6.07, 6.45) is 2.92. The number of carbonyl (C=O) groups is 1. The van der Waals surface area contributed by atoms with Gasteiger partial charge in [0.05, 0.1) is 18.1 Å². The fourth-order valence-electron chi connectivity index (χ4n) is 4.85. The molecule has 8 nitrogen and oxygen atoms in total. The van der Waals surface area contributed by atoms with Crippen molar-refractivity contribution in [3.05, 3.63) is 5.43 Å². The number of carbonyl (C=O) groups excluding carboxylic acids is 1. The molecule has 6 atom stereocenters. The fraction of sp³-hybridized carbons (Fsp3) is 0.941. The van der Waals surface area contributed by atoms with E-state index in [1.807, 2.05) is 0 Å². The second-order valence-corrected chi connectivity index (χ2v) is 7.98. The summed E-state index contributed by atoms with van der Waals surface area (Å²) in [5.74, 6) is -0.555. The van der Waals surface area contributed by atoms with Gasteiger partial charge in [-0.25, -0.2) is 4.39 Å². The zero-order valence-electron chi connectivity index (χ0n) is 15.2. The van der Waals surface area contributed by atoms with Crippen molar-refractivity contribution in [3.63, 3.8) is 0 Å². The van der Waals surface area contributed by atoms with Crippen molar-refractivity contribution < 1.29 is 9.18 Å². The van der Waals surface area contributed by atoms with Gasteiger partial charge in [0.1, 0.15) is 6.17 Å². The lowest BCUT2D eigenvalue weighted by atomic mass is 9.94. The molecule has 26 heavy (non-hydrogen) atoms. The molecule has 0 aromatic carbocycles. The lowest BCUT2D eigenvalue weighted by Crippen LogP contribution is -2.63. The Labute approximate surface area is 154 Å². The molecule has 1 amide bonds. The number of piperidine rings is 2. The van der Waals surface area contributed by atoms with Crippen molar-refractivity contribution in [2.45, 2.75) is 56.3 Å². The average molecular weight is 368 g/mol. The molecule has 0 radical (unpaired) electrons. The van der Waals surface area contributed by atoms with Gasteiger partial charge in [0.2, 0.25) is 5.91 Å². The summed E-state index contributed by atoms with van der Waals surface area (Å²) >= 11 is 0. The second kappa shape index (κ2) is 8.04. The molecule has 0 saturated carbocycles. The summed E-state index contributed by atoms with van der Waals surface area (Å²) in [7, 11) is 0. The van der Waals surface area contributed by atoms with E-state index in [4.69, 9.17) is 5.73 Å². The third-order valence-corrected chi connectivity index (χ3v) is 6.18. The molecule has 4 heterocycles. The van der Waals surface area contributed by atoms with Gasteiger partial charge in [0.25, 0.3) is 0 Å². The normalized spacial score (nSPS) is 42.4. The minimum absolute atomic E-state index is 0.0748. The smallest absolute Gasteiger partial charge is 0.226 e. The Bertz CT molecular complexity index is 504. The van der Waals surface area contributed by atoms with Crippen LogP contribution in [0.4, 0.5) is 4.39 Å². The molecule has 9 heteroatoms. The van der Waals surface area contributed by atoms with E-state index in [-0.39, 0.29) is 31.2 Å². The highest BCUT2D eigenvalue weighted by Crippen LogP contribution is 2.31. The maximum absolute atomic E-state index is 13.6. The number of fused-ring (bicyclic) bond motifs is 1. The third kappa shape index (κ3) is 3.74. The van der Waals surface area contributed by atoms with Gasteiger partial charge >= 0.3 is 0 Å². The third-order valence-electron chi connectivity index (χ3n) is 6.18. The highest BCUT2D eigenvalue weighted by atomic mass is 19.1. The largest absolute Gasteiger partial charge is 0.578 e. The van der Waals surface area contributed by atoms with E-state index in [2.05, 4.69) is 26.3 Å². The van der Waals surface area contributed by atoms with Gasteiger partial charge in [-0.2, -0.15) is 0 Å². The topological polar surface area (TPSA) is 99.8 Å². The number of nitrogens with one attached hydrogen (secondary N) is 3. The summed E-state index contributed by atoms with van der Waals surface area (Å²) in [5, 5.41) is 11.4. The van der Waals surface area contributed by atoms with Crippen molar-refractivity contribution in [1.29, 1.82) is 0 Å². The van der Waals surface area contributed by atoms with Crippen LogP contribution in [0, 0.1) is 5.92 Å². The SMILES string of the molecule is NC1[N-]N2CC(F)CNC2C1C(=O)NC1CNCCC1N1CCCCC1. The first-order chi connectivity index (χ1) is 12.6. The van der Waals surface area contributed by atoms with Crippen LogP contribution in [0.25, 0.3) is 5.43 Å². The predicted octanol–water partition coefficient (Wildman–Crippen LogP) is -0.908. The summed E-state index contributed by atoms with van der Waals surface area (Å²) < 4.78 is 13.6. The molecule has 0 spiro atoms. The molecule has 4 aliphatic rings. The van der Waals surface area contributed by atoms with Crippen LogP contribution < -0.4 is 21.7 Å². The molecule has 4 aliphatic heterocycles. The summed E-state index contributed by atoms with van der Waals surface area (Å²) in [4.78, 5) is 15.6. The first-order valence-corrected chi connectivity index (χ1v) is 9.99. The number of amides is 1. The highest BCUT2D eigenvalue weighted by Gasteiger charge is 2.41. The van der Waals surface area contributed by atoms with Crippen LogP contribution in [0.15, 0.2) is 0 Å². The monoisotopic (exact) mass is 368 g/mol. The van der Waals surface area contributed by atoms with Crippen LogP contribution in [0.2, 0.25) is 0 Å². The first-order valence-electron chi connectivity index (χ1n) is 9.99. The first kappa shape index (κ1) is 18.5. The number of alkyl halides is 1. The van der Waals surface area contributed by atoms with Gasteiger partial charge in [-0.05, 0) is 38.9 Å². The molecule has 0 bridgehead atoms. The number of likely N-dealkylation sites (tertiary alicyclic amines) is 1. The standard InChI is InChI=1S/C17H31FN7O/c18-11-8-21-16-14(15(19)23-25(16)10-11)17(26)22-12-9-20-5-4-13(12)24-6-2-1-3-7-24/h11-16,20-21H,1-10,19H2,(H,22,26)/q-1. The molecular formula is C17H31FN7O-. The molecular weight excluding hydrogens is 337 g/mol. The van der Waals surface area contributed by atoms with Crippen molar-refractivity contribution in [2.24, 2.45) is 11.7 Å². The van der Waals surface area contributed by atoms with Gasteiger partial charge < -0.3 is 26.8 Å². The summed E-state index contributed by atoms with van der Waals surface area (Å²) in [6.45, 7) is 4.45. The number of rotatable bonds is 3. The number of hydrogen-bond donors (Lipinski definition) is 4. The Morgan fingerprint density at radius 2 is 2.04 bits per heavy atom. The molecule has 5 N–H and O–H groups in total. The zero-order valence-corrected chi connectivity index (χ0v) is 15.2. The molecule has 6 unspecified atom stereocenters. The molecule has 0 aliphatic carbocycles. The Kier molecular flexibility index (Phi) is 5.72. The average Bonchev–Trinajstić information content (AvgIpc) is 2.97. The van der Waals surface area contributed by atoms with Crippen molar-refractivity contribution in [1.82, 2.24) is 25.9 Å². The predicted molar refractivity (Wildman–Crippen MR) is 96.8 cm³/mol. The quantitative estimate of drug-likeness (QED) is 0.515. The van der Waals surface area contributed by atoms with Crippen molar-refractivity contribution in [3.8, 4) is 0 Å². The minimum atomic E-state index is -0.977. The van der Waals surface area contributed by atoms with Crippen LogP contribution in [-0.2, 0) is 4.79 Å². The lowest BCUT2D eigenvalue weighted by Gasteiger charge is -2.43. The van der Waals surface area contributed by atoms with Crippen LogP contribution in [-0.4, -0.2) is 85.7 Å². The minimum Gasteiger partial charge on any atom is -0.578 e. The van der Waals surface area contributed by atoms with Crippen LogP contribution in [0.3, 0.4) is 0 Å². The van der Waals surface area contributed by atoms with Gasteiger partial charge in [0.15, 0.2) is 0 Å². The number of nitrogens with two attached hydrogens (primary N) is 1. The maximum Gasteiger partial charge on any atom is 0.226 e. The van der Waals surface area contributed by atoms with Gasteiger partial charge in [-0.3, -0.25) is 15.0 Å². The highest BCUT2D eigenvalue weighted by molar-refractivity contribution is 5.81. The van der Waals surface area contributed by atoms with Gasteiger partial charge in [-0.15, -0.1) is 0 Å². The molecule has 148 valence electrons. The second-order valence-electron chi connectivity index (χ2n) is 7.98. The van der Waals surface area contributed by atoms with E-state index in [9.17, 15) is 9.18 Å². The summed E-state index contributed by atoms with van der Waals surface area (Å²) in [5.41, 5.74) is 10.4. The molecule has 4 fully saturated rings. The Balaban J connectivity index is 1.41. The summed E-state index contributed by atoms with van der Waals surface area (Å²) in [6, 6.07) is 0.453. The molecule has 4 rings (SSSR count). The van der Waals surface area contributed by atoms with Crippen LogP contribution in [0.1, 0.15) is 25.7 Å². The zero-order chi connectivity index (χ0) is 18.1. The van der Waals surface area contributed by atoms with E-state index in [1.54, 1.807) is 5.01 Å². The number of nitrogens with zero attached hydrogens (tertiary/aromatic N) is 3. The van der Waals surface area contributed by atoms with E-state index in [0.717, 1.165) is 32.6 Å². The Morgan fingerprint density at radius 1 is 1.23 bits per heavy atom. The van der Waals surface area contributed by atoms with Gasteiger partial charge in [0, 0.05) is 25.7 Å². The number of hydrogen-bond acceptors (Lipinski definition) is 6.